The molecule has 0 amide bonds. The lowest BCUT2D eigenvalue weighted by atomic mass is 9.93. The molecule has 108 valence electrons. The van der Waals surface area contributed by atoms with Crippen LogP contribution in [0.15, 0.2) is 18.2 Å². The predicted molar refractivity (Wildman–Crippen MR) is 75.9 cm³/mol. The fourth-order valence-corrected chi connectivity index (χ4v) is 5.23. The molecule has 5 atom stereocenters. The highest BCUT2D eigenvalue weighted by molar-refractivity contribution is 5.32. The van der Waals surface area contributed by atoms with Gasteiger partial charge in [0.1, 0.15) is 0 Å². The Kier molecular flexibility index (Phi) is 2.81. The van der Waals surface area contributed by atoms with E-state index in [4.69, 9.17) is 10.5 Å². The zero-order chi connectivity index (χ0) is 13.9. The molecule has 3 fully saturated rings. The van der Waals surface area contributed by atoms with Crippen molar-refractivity contribution < 1.29 is 9.13 Å². The van der Waals surface area contributed by atoms with E-state index in [1.165, 1.54) is 26.4 Å². The van der Waals surface area contributed by atoms with Crippen molar-refractivity contribution in [3.63, 3.8) is 0 Å². The fraction of sp³-hybridized carbons (Fsp3) is 0.647. The Hall–Kier alpha value is -1.09. The van der Waals surface area contributed by atoms with Gasteiger partial charge < -0.3 is 10.5 Å². The highest BCUT2D eigenvalue weighted by Gasteiger charge is 2.66. The number of methoxy groups -OCH3 is 1. The number of benzene rings is 1. The molecule has 2 nitrogen and oxygen atoms in total. The highest BCUT2D eigenvalue weighted by Crippen LogP contribution is 2.70. The smallest absolute Gasteiger partial charge is 0.168 e. The molecule has 1 aromatic rings. The molecule has 0 aromatic heterocycles. The van der Waals surface area contributed by atoms with Gasteiger partial charge in [0.05, 0.1) is 7.11 Å². The van der Waals surface area contributed by atoms with Crippen molar-refractivity contribution >= 4 is 0 Å². The van der Waals surface area contributed by atoms with E-state index in [2.05, 4.69) is 0 Å². The lowest BCUT2D eigenvalue weighted by Crippen LogP contribution is -2.29. The summed E-state index contributed by atoms with van der Waals surface area (Å²) in [6.45, 7) is 0. The summed E-state index contributed by atoms with van der Waals surface area (Å²) in [6, 6.07) is 5.46. The third kappa shape index (κ3) is 1.72. The minimum absolute atomic E-state index is 0.106. The van der Waals surface area contributed by atoms with Gasteiger partial charge in [0.25, 0.3) is 0 Å². The lowest BCUT2D eigenvalue weighted by Gasteiger charge is -2.17. The maximum absolute atomic E-state index is 14.2. The maximum Gasteiger partial charge on any atom is 0.168 e. The summed E-state index contributed by atoms with van der Waals surface area (Å²) in [6.07, 6.45) is 4.89. The van der Waals surface area contributed by atoms with Gasteiger partial charge in [-0.1, -0.05) is 12.1 Å². The Morgan fingerprint density at radius 1 is 1.30 bits per heavy atom. The van der Waals surface area contributed by atoms with Crippen molar-refractivity contribution in [3.05, 3.63) is 29.6 Å². The first kappa shape index (κ1) is 12.6. The molecule has 0 saturated heterocycles. The number of rotatable bonds is 4. The Bertz CT molecular complexity index is 516. The molecule has 5 unspecified atom stereocenters. The third-order valence-electron chi connectivity index (χ3n) is 6.01. The quantitative estimate of drug-likeness (QED) is 0.917. The van der Waals surface area contributed by atoms with E-state index in [1.807, 2.05) is 12.1 Å². The minimum atomic E-state index is -0.237. The second kappa shape index (κ2) is 4.45. The molecule has 0 spiro atoms. The molecule has 0 heterocycles. The molecule has 4 rings (SSSR count). The first-order valence-electron chi connectivity index (χ1n) is 7.77. The van der Waals surface area contributed by atoms with Crippen LogP contribution in [0.4, 0.5) is 4.39 Å². The minimum Gasteiger partial charge on any atom is -0.494 e. The second-order valence-corrected chi connectivity index (χ2v) is 6.87. The summed E-state index contributed by atoms with van der Waals surface area (Å²) < 4.78 is 19.2. The van der Waals surface area contributed by atoms with Crippen LogP contribution >= 0.6 is 0 Å². The average Bonchev–Trinajstić information content (AvgIpc) is 2.90. The molecule has 2 N–H and O–H groups in total. The third-order valence-corrected chi connectivity index (χ3v) is 6.01. The van der Waals surface area contributed by atoms with Crippen LogP contribution in [-0.4, -0.2) is 13.2 Å². The average molecular weight is 275 g/mol. The topological polar surface area (TPSA) is 35.2 Å². The molecule has 0 radical (unpaired) electrons. The van der Waals surface area contributed by atoms with Crippen molar-refractivity contribution in [2.24, 2.45) is 35.3 Å². The fourth-order valence-electron chi connectivity index (χ4n) is 5.23. The Morgan fingerprint density at radius 2 is 2.00 bits per heavy atom. The van der Waals surface area contributed by atoms with Gasteiger partial charge in [-0.25, -0.2) is 4.39 Å². The monoisotopic (exact) mass is 275 g/mol. The van der Waals surface area contributed by atoms with Crippen molar-refractivity contribution in [2.45, 2.75) is 31.7 Å². The number of nitrogens with two attached hydrogens (primary N) is 1. The zero-order valence-corrected chi connectivity index (χ0v) is 11.9. The molecule has 3 saturated carbocycles. The van der Waals surface area contributed by atoms with Crippen LogP contribution < -0.4 is 10.5 Å². The molecule has 2 bridgehead atoms. The molecule has 20 heavy (non-hydrogen) atoms. The van der Waals surface area contributed by atoms with E-state index in [0.29, 0.717) is 23.7 Å². The number of ether oxygens (including phenoxy) is 1. The molecule has 0 aliphatic heterocycles. The van der Waals surface area contributed by atoms with Crippen molar-refractivity contribution in [1.82, 2.24) is 0 Å². The molecule has 3 aliphatic carbocycles. The first-order valence-corrected chi connectivity index (χ1v) is 7.77. The van der Waals surface area contributed by atoms with E-state index in [1.54, 1.807) is 6.07 Å². The van der Waals surface area contributed by atoms with Crippen molar-refractivity contribution in [1.29, 1.82) is 0 Å². The summed E-state index contributed by atoms with van der Waals surface area (Å²) in [5.74, 6) is 4.30. The van der Waals surface area contributed by atoms with Gasteiger partial charge in [0.15, 0.2) is 11.6 Å². The number of halogens is 1. The van der Waals surface area contributed by atoms with Crippen LogP contribution in [0, 0.1) is 35.4 Å². The van der Waals surface area contributed by atoms with Crippen LogP contribution in [0.2, 0.25) is 0 Å². The van der Waals surface area contributed by atoms with Gasteiger partial charge in [0.2, 0.25) is 0 Å². The van der Waals surface area contributed by atoms with Gasteiger partial charge in [-0.05, 0) is 66.9 Å². The zero-order valence-electron chi connectivity index (χ0n) is 11.9. The van der Waals surface area contributed by atoms with E-state index < -0.39 is 0 Å². The molecule has 3 aliphatic rings. The number of hydrogen-bond donors (Lipinski definition) is 1. The standard InChI is InChI=1S/C17H22FNO/c1-20-13-4-2-3-11(17(13)18)8-12(19)16-14-9-5-6-10(7-9)15(14)16/h2-4,9-10,12,14-16H,5-8,19H2,1H3. The van der Waals surface area contributed by atoms with Crippen molar-refractivity contribution in [3.8, 4) is 5.75 Å². The van der Waals surface area contributed by atoms with E-state index in [-0.39, 0.29) is 11.9 Å². The Labute approximate surface area is 119 Å². The molecular weight excluding hydrogens is 253 g/mol. The number of fused-ring (bicyclic) bond motifs is 5. The molecular formula is C17H22FNO. The van der Waals surface area contributed by atoms with Gasteiger partial charge in [0, 0.05) is 6.04 Å². The van der Waals surface area contributed by atoms with Gasteiger partial charge in [-0.2, -0.15) is 0 Å². The van der Waals surface area contributed by atoms with E-state index in [9.17, 15) is 4.39 Å². The van der Waals surface area contributed by atoms with Crippen LogP contribution in [0.3, 0.4) is 0 Å². The summed E-state index contributed by atoms with van der Waals surface area (Å²) in [5, 5.41) is 0. The summed E-state index contributed by atoms with van der Waals surface area (Å²) >= 11 is 0. The normalized spacial score (nSPS) is 38.6. The maximum atomic E-state index is 14.2. The lowest BCUT2D eigenvalue weighted by molar-refractivity contribution is 0.378. The van der Waals surface area contributed by atoms with Gasteiger partial charge in [-0.3, -0.25) is 0 Å². The van der Waals surface area contributed by atoms with Crippen LogP contribution in [-0.2, 0) is 6.42 Å². The van der Waals surface area contributed by atoms with Crippen LogP contribution in [0.25, 0.3) is 0 Å². The number of hydrogen-bond acceptors (Lipinski definition) is 2. The molecule has 1 aromatic carbocycles. The predicted octanol–water partition coefficient (Wildman–Crippen LogP) is 3.00. The summed E-state index contributed by atoms with van der Waals surface area (Å²) in [7, 11) is 1.51. The van der Waals surface area contributed by atoms with E-state index in [0.717, 1.165) is 23.7 Å². The largest absolute Gasteiger partial charge is 0.494 e. The summed E-state index contributed by atoms with van der Waals surface area (Å²) in [4.78, 5) is 0. The second-order valence-electron chi connectivity index (χ2n) is 6.87. The van der Waals surface area contributed by atoms with E-state index >= 15 is 0 Å². The summed E-state index contributed by atoms with van der Waals surface area (Å²) in [5.41, 5.74) is 7.11. The van der Waals surface area contributed by atoms with Crippen molar-refractivity contribution in [2.75, 3.05) is 7.11 Å². The SMILES string of the molecule is COc1cccc(CC(N)C2C3C4CCC(C4)C23)c1F. The highest BCUT2D eigenvalue weighted by atomic mass is 19.1. The first-order chi connectivity index (χ1) is 9.70. The van der Waals surface area contributed by atoms with Crippen LogP contribution in [0.1, 0.15) is 24.8 Å². The van der Waals surface area contributed by atoms with Crippen LogP contribution in [0.5, 0.6) is 5.75 Å². The Balaban J connectivity index is 1.48. The Morgan fingerprint density at radius 3 is 2.65 bits per heavy atom. The van der Waals surface area contributed by atoms with Gasteiger partial charge >= 0.3 is 0 Å². The van der Waals surface area contributed by atoms with Gasteiger partial charge in [-0.15, -0.1) is 0 Å². The molecule has 3 heteroatoms.